The van der Waals surface area contributed by atoms with E-state index in [4.69, 9.17) is 0 Å². The summed E-state index contributed by atoms with van der Waals surface area (Å²) in [4.78, 5) is 5.16. The summed E-state index contributed by atoms with van der Waals surface area (Å²) in [5.41, 5.74) is 1.01. The highest BCUT2D eigenvalue weighted by molar-refractivity contribution is 5.01. The van der Waals surface area contributed by atoms with Crippen LogP contribution >= 0.6 is 0 Å². The van der Waals surface area contributed by atoms with Crippen LogP contribution in [0.4, 0.5) is 0 Å². The van der Waals surface area contributed by atoms with E-state index < -0.39 is 0 Å². The molecule has 0 spiro atoms. The van der Waals surface area contributed by atoms with Gasteiger partial charge in [0, 0.05) is 23.2 Å². The van der Waals surface area contributed by atoms with Crippen LogP contribution < -0.4 is 0 Å². The van der Waals surface area contributed by atoms with E-state index in [9.17, 15) is 0 Å². The fourth-order valence-electron chi connectivity index (χ4n) is 4.33. The van der Waals surface area contributed by atoms with Gasteiger partial charge in [-0.15, -0.1) is 0 Å². The lowest BCUT2D eigenvalue weighted by atomic mass is 9.78. The van der Waals surface area contributed by atoms with Crippen molar-refractivity contribution in [1.82, 2.24) is 9.80 Å². The lowest BCUT2D eigenvalue weighted by Gasteiger charge is -2.49. The maximum atomic E-state index is 2.60. The smallest absolute Gasteiger partial charge is 0.0172 e. The summed E-state index contributed by atoms with van der Waals surface area (Å²) >= 11 is 0. The van der Waals surface area contributed by atoms with E-state index in [1.54, 1.807) is 0 Å². The van der Waals surface area contributed by atoms with Crippen molar-refractivity contribution in [3.63, 3.8) is 0 Å². The standard InChI is InChI=1S/C17H36N2/c1-14(2)11-16(5,6)19(10)17(7,8)12-15(3,4)18(9)13-14/h11-13H2,1-10H3. The zero-order valence-electron chi connectivity index (χ0n) is 15.0. The van der Waals surface area contributed by atoms with Crippen molar-refractivity contribution in [2.24, 2.45) is 5.41 Å². The number of hydrogen-bond acceptors (Lipinski definition) is 2. The molecule has 2 nitrogen and oxygen atoms in total. The summed E-state index contributed by atoms with van der Waals surface area (Å²) in [7, 11) is 4.59. The molecule has 1 aliphatic rings. The van der Waals surface area contributed by atoms with Crippen molar-refractivity contribution in [2.45, 2.75) is 84.8 Å². The van der Waals surface area contributed by atoms with Gasteiger partial charge in [-0.25, -0.2) is 0 Å². The van der Waals surface area contributed by atoms with Crippen LogP contribution in [0.3, 0.4) is 0 Å². The zero-order chi connectivity index (χ0) is 15.3. The third kappa shape index (κ3) is 3.72. The van der Waals surface area contributed by atoms with Gasteiger partial charge >= 0.3 is 0 Å². The van der Waals surface area contributed by atoms with Gasteiger partial charge in [0.05, 0.1) is 0 Å². The minimum Gasteiger partial charge on any atom is -0.301 e. The summed E-state index contributed by atoms with van der Waals surface area (Å²) in [5, 5.41) is 0. The van der Waals surface area contributed by atoms with Crippen molar-refractivity contribution >= 4 is 0 Å². The van der Waals surface area contributed by atoms with Crippen molar-refractivity contribution in [1.29, 1.82) is 0 Å². The maximum Gasteiger partial charge on any atom is 0.0172 e. The third-order valence-corrected chi connectivity index (χ3v) is 5.29. The van der Waals surface area contributed by atoms with Crippen LogP contribution in [0.25, 0.3) is 0 Å². The molecule has 1 saturated heterocycles. The molecule has 1 rings (SSSR count). The SMILES string of the molecule is CN1CC(C)(C)CC(C)(C)N(C)C(C)(C)CC1(C)C. The Labute approximate surface area is 121 Å². The molecule has 0 saturated carbocycles. The van der Waals surface area contributed by atoms with E-state index in [1.807, 2.05) is 0 Å². The molecule has 1 aliphatic heterocycles. The molecule has 0 unspecified atom stereocenters. The van der Waals surface area contributed by atoms with Gasteiger partial charge in [-0.3, -0.25) is 4.90 Å². The Morgan fingerprint density at radius 2 is 1.05 bits per heavy atom. The van der Waals surface area contributed by atoms with Gasteiger partial charge in [-0.1, -0.05) is 13.8 Å². The number of rotatable bonds is 0. The van der Waals surface area contributed by atoms with E-state index in [-0.39, 0.29) is 16.6 Å². The van der Waals surface area contributed by atoms with Crippen LogP contribution in [0.2, 0.25) is 0 Å². The second kappa shape index (κ2) is 4.73. The molecule has 0 atom stereocenters. The monoisotopic (exact) mass is 268 g/mol. The Hall–Kier alpha value is -0.0800. The quantitative estimate of drug-likeness (QED) is 0.655. The molecule has 0 aromatic heterocycles. The molecular weight excluding hydrogens is 232 g/mol. The highest BCUT2D eigenvalue weighted by Gasteiger charge is 2.44. The molecule has 0 amide bonds. The second-order valence-electron chi connectivity index (χ2n) is 9.37. The lowest BCUT2D eigenvalue weighted by Crippen LogP contribution is -2.56. The normalized spacial score (nSPS) is 31.3. The highest BCUT2D eigenvalue weighted by atomic mass is 15.3. The molecule has 2 heteroatoms. The van der Waals surface area contributed by atoms with Gasteiger partial charge in [0.15, 0.2) is 0 Å². The molecule has 114 valence electrons. The molecule has 1 fully saturated rings. The summed E-state index contributed by atoms with van der Waals surface area (Å²) in [6.07, 6.45) is 2.41. The summed E-state index contributed by atoms with van der Waals surface area (Å²) in [6, 6.07) is 0. The molecule has 1 heterocycles. The third-order valence-electron chi connectivity index (χ3n) is 5.29. The first kappa shape index (κ1) is 17.0. The fourth-order valence-corrected chi connectivity index (χ4v) is 4.33. The Morgan fingerprint density at radius 3 is 1.53 bits per heavy atom. The Bertz CT molecular complexity index is 326. The van der Waals surface area contributed by atoms with E-state index in [0.29, 0.717) is 5.41 Å². The largest absolute Gasteiger partial charge is 0.301 e. The van der Waals surface area contributed by atoms with E-state index in [1.165, 1.54) is 12.8 Å². The molecule has 0 bridgehead atoms. The molecule has 0 aromatic carbocycles. The van der Waals surface area contributed by atoms with Crippen LogP contribution in [-0.4, -0.2) is 47.1 Å². The molecule has 0 aromatic rings. The first-order valence-electron chi connectivity index (χ1n) is 7.65. The first-order chi connectivity index (χ1) is 8.20. The van der Waals surface area contributed by atoms with Crippen LogP contribution in [0.15, 0.2) is 0 Å². The molecule has 19 heavy (non-hydrogen) atoms. The van der Waals surface area contributed by atoms with Gasteiger partial charge in [0.25, 0.3) is 0 Å². The Kier molecular flexibility index (Phi) is 4.23. The molecular formula is C17H36N2. The van der Waals surface area contributed by atoms with E-state index in [2.05, 4.69) is 79.3 Å². The van der Waals surface area contributed by atoms with Crippen molar-refractivity contribution < 1.29 is 0 Å². The van der Waals surface area contributed by atoms with Gasteiger partial charge in [0.2, 0.25) is 0 Å². The zero-order valence-corrected chi connectivity index (χ0v) is 15.0. The second-order valence-corrected chi connectivity index (χ2v) is 9.37. The summed E-state index contributed by atoms with van der Waals surface area (Å²) in [5.74, 6) is 0. The summed E-state index contributed by atoms with van der Waals surface area (Å²) in [6.45, 7) is 20.3. The van der Waals surface area contributed by atoms with Gasteiger partial charge in [0.1, 0.15) is 0 Å². The highest BCUT2D eigenvalue weighted by Crippen LogP contribution is 2.41. The fraction of sp³-hybridized carbons (Fsp3) is 1.00. The minimum absolute atomic E-state index is 0.210. The maximum absolute atomic E-state index is 2.60. The molecule has 0 aliphatic carbocycles. The predicted molar refractivity (Wildman–Crippen MR) is 85.6 cm³/mol. The Morgan fingerprint density at radius 1 is 0.632 bits per heavy atom. The number of nitrogens with zero attached hydrogens (tertiary/aromatic N) is 2. The lowest BCUT2D eigenvalue weighted by molar-refractivity contribution is 0.00806. The van der Waals surface area contributed by atoms with Gasteiger partial charge < -0.3 is 4.90 Å². The Balaban J connectivity index is 3.24. The molecule has 0 N–H and O–H groups in total. The van der Waals surface area contributed by atoms with Crippen LogP contribution in [0.1, 0.15) is 68.2 Å². The van der Waals surface area contributed by atoms with Crippen molar-refractivity contribution in [3.05, 3.63) is 0 Å². The van der Waals surface area contributed by atoms with Crippen LogP contribution in [0.5, 0.6) is 0 Å². The van der Waals surface area contributed by atoms with Crippen molar-refractivity contribution in [3.8, 4) is 0 Å². The summed E-state index contributed by atoms with van der Waals surface area (Å²) < 4.78 is 0. The van der Waals surface area contributed by atoms with Crippen molar-refractivity contribution in [2.75, 3.05) is 20.6 Å². The van der Waals surface area contributed by atoms with E-state index >= 15 is 0 Å². The average molecular weight is 268 g/mol. The van der Waals surface area contributed by atoms with Gasteiger partial charge in [-0.05, 0) is 73.9 Å². The first-order valence-corrected chi connectivity index (χ1v) is 7.65. The molecule has 0 radical (unpaired) electrons. The van der Waals surface area contributed by atoms with E-state index in [0.717, 1.165) is 6.54 Å². The topological polar surface area (TPSA) is 6.48 Å². The minimum atomic E-state index is 0.210. The van der Waals surface area contributed by atoms with Crippen LogP contribution in [0, 0.1) is 5.41 Å². The average Bonchev–Trinajstić information content (AvgIpc) is 2.11. The predicted octanol–water partition coefficient (Wildman–Crippen LogP) is 4.01. The van der Waals surface area contributed by atoms with Crippen LogP contribution in [-0.2, 0) is 0 Å². The number of hydrogen-bond donors (Lipinski definition) is 0. The van der Waals surface area contributed by atoms with Gasteiger partial charge in [-0.2, -0.15) is 0 Å².